The van der Waals surface area contributed by atoms with Crippen LogP contribution in [0.2, 0.25) is 5.02 Å². The lowest BCUT2D eigenvalue weighted by atomic mass is 9.99. The molecule has 6 heteroatoms. The van der Waals surface area contributed by atoms with Crippen molar-refractivity contribution in [1.29, 1.82) is 0 Å². The van der Waals surface area contributed by atoms with Crippen LogP contribution in [-0.2, 0) is 4.79 Å². The number of benzene rings is 2. The molecule has 0 radical (unpaired) electrons. The quantitative estimate of drug-likeness (QED) is 0.617. The van der Waals surface area contributed by atoms with Gasteiger partial charge in [-0.3, -0.25) is 14.2 Å². The number of hydrogen-bond acceptors (Lipinski definition) is 4. The third-order valence-electron chi connectivity index (χ3n) is 4.58. The average molecular weight is 385 g/mol. The van der Waals surface area contributed by atoms with Gasteiger partial charge in [0.1, 0.15) is 5.78 Å². The zero-order valence-corrected chi connectivity index (χ0v) is 15.6. The van der Waals surface area contributed by atoms with E-state index in [1.165, 1.54) is 16.3 Å². The maximum absolute atomic E-state index is 13.2. The fourth-order valence-corrected chi connectivity index (χ4v) is 4.69. The van der Waals surface area contributed by atoms with Crippen molar-refractivity contribution in [2.24, 2.45) is 0 Å². The van der Waals surface area contributed by atoms with Crippen molar-refractivity contribution in [3.05, 3.63) is 63.9 Å². The van der Waals surface area contributed by atoms with Gasteiger partial charge in [-0.1, -0.05) is 54.0 Å². The first-order valence-electron chi connectivity index (χ1n) is 8.61. The van der Waals surface area contributed by atoms with Crippen LogP contribution in [0.5, 0.6) is 0 Å². The highest BCUT2D eigenvalue weighted by Crippen LogP contribution is 2.33. The van der Waals surface area contributed by atoms with Crippen LogP contribution in [0.4, 0.5) is 0 Å². The molecule has 0 spiro atoms. The fourth-order valence-electron chi connectivity index (χ4n) is 3.24. The van der Waals surface area contributed by atoms with Crippen molar-refractivity contribution in [3.8, 4) is 5.69 Å². The lowest BCUT2D eigenvalue weighted by Gasteiger charge is -2.21. The highest BCUT2D eigenvalue weighted by molar-refractivity contribution is 8.00. The Kier molecular flexibility index (Phi) is 4.83. The van der Waals surface area contributed by atoms with Gasteiger partial charge in [-0.25, -0.2) is 4.98 Å². The van der Waals surface area contributed by atoms with Crippen LogP contribution in [0, 0.1) is 0 Å². The number of carbonyl (C=O) groups excluding carboxylic acids is 1. The van der Waals surface area contributed by atoms with Crippen LogP contribution in [0.1, 0.15) is 25.7 Å². The number of fused-ring (bicyclic) bond motifs is 1. The van der Waals surface area contributed by atoms with Crippen LogP contribution >= 0.6 is 23.4 Å². The van der Waals surface area contributed by atoms with Crippen LogP contribution < -0.4 is 5.56 Å². The highest BCUT2D eigenvalue weighted by Gasteiger charge is 2.26. The zero-order chi connectivity index (χ0) is 18.1. The lowest BCUT2D eigenvalue weighted by molar-refractivity contribution is -0.119. The first kappa shape index (κ1) is 17.3. The van der Waals surface area contributed by atoms with E-state index >= 15 is 0 Å². The van der Waals surface area contributed by atoms with Gasteiger partial charge >= 0.3 is 0 Å². The molecule has 4 rings (SSSR count). The number of aromatic nitrogens is 2. The predicted molar refractivity (Wildman–Crippen MR) is 105 cm³/mol. The van der Waals surface area contributed by atoms with Gasteiger partial charge in [0.15, 0.2) is 5.16 Å². The number of halogens is 1. The first-order chi connectivity index (χ1) is 12.6. The maximum atomic E-state index is 13.2. The number of Topliss-reactive ketones (excluding diaryl/α,β-unsaturated/α-hetero) is 1. The van der Waals surface area contributed by atoms with Crippen molar-refractivity contribution in [2.45, 2.75) is 36.1 Å². The second-order valence-corrected chi connectivity index (χ2v) is 7.90. The number of ketones is 1. The summed E-state index contributed by atoms with van der Waals surface area (Å²) < 4.78 is 1.54. The summed E-state index contributed by atoms with van der Waals surface area (Å²) in [7, 11) is 0. The van der Waals surface area contributed by atoms with Crippen molar-refractivity contribution in [2.75, 3.05) is 0 Å². The number of para-hydroxylation sites is 2. The summed E-state index contributed by atoms with van der Waals surface area (Å²) in [5.41, 5.74) is 1.05. The molecular formula is C20H17ClN2O2S. The standard InChI is InChI=1S/C20H17ClN2O2S/c21-14-8-2-4-10-16(14)23-19(25)13-7-1-3-9-15(13)22-20(23)26-18-12-6-5-11-17(18)24/h1-4,7-10,18H,5-6,11-12H2/t18-/m1/s1. The smallest absolute Gasteiger partial charge is 0.266 e. The monoisotopic (exact) mass is 384 g/mol. The maximum Gasteiger partial charge on any atom is 0.266 e. The second kappa shape index (κ2) is 7.25. The minimum Gasteiger partial charge on any atom is -0.298 e. The Hall–Kier alpha value is -2.11. The predicted octanol–water partition coefficient (Wildman–Crippen LogP) is 4.64. The van der Waals surface area contributed by atoms with Crippen LogP contribution in [-0.4, -0.2) is 20.6 Å². The number of carbonyl (C=O) groups is 1. The molecule has 0 unspecified atom stereocenters. The fraction of sp³-hybridized carbons (Fsp3) is 0.250. The van der Waals surface area contributed by atoms with E-state index in [4.69, 9.17) is 16.6 Å². The molecule has 1 saturated carbocycles. The summed E-state index contributed by atoms with van der Waals surface area (Å²) in [6.07, 6.45) is 3.38. The van der Waals surface area contributed by atoms with E-state index in [2.05, 4.69) is 0 Å². The van der Waals surface area contributed by atoms with E-state index in [0.717, 1.165) is 19.3 Å². The van der Waals surface area contributed by atoms with E-state index < -0.39 is 0 Å². The number of thioether (sulfide) groups is 1. The van der Waals surface area contributed by atoms with Crippen molar-refractivity contribution < 1.29 is 4.79 Å². The van der Waals surface area contributed by atoms with E-state index in [-0.39, 0.29) is 16.6 Å². The van der Waals surface area contributed by atoms with Gasteiger partial charge in [-0.2, -0.15) is 0 Å². The van der Waals surface area contributed by atoms with Gasteiger partial charge in [0.25, 0.3) is 5.56 Å². The number of hydrogen-bond donors (Lipinski definition) is 0. The Labute approximate surface area is 160 Å². The summed E-state index contributed by atoms with van der Waals surface area (Å²) in [5, 5.41) is 1.36. The molecule has 1 fully saturated rings. The molecule has 1 aliphatic rings. The van der Waals surface area contributed by atoms with Crippen molar-refractivity contribution >= 4 is 40.0 Å². The largest absolute Gasteiger partial charge is 0.298 e. The van der Waals surface area contributed by atoms with E-state index in [0.29, 0.717) is 33.2 Å². The first-order valence-corrected chi connectivity index (χ1v) is 9.87. The molecule has 3 aromatic rings. The van der Waals surface area contributed by atoms with Crippen LogP contribution in [0.3, 0.4) is 0 Å². The highest BCUT2D eigenvalue weighted by atomic mass is 35.5. The topological polar surface area (TPSA) is 52.0 Å². The van der Waals surface area contributed by atoms with Gasteiger partial charge < -0.3 is 0 Å². The normalized spacial score (nSPS) is 17.6. The number of rotatable bonds is 3. The summed E-state index contributed by atoms with van der Waals surface area (Å²) >= 11 is 7.74. The Morgan fingerprint density at radius 3 is 2.62 bits per heavy atom. The molecule has 132 valence electrons. The van der Waals surface area contributed by atoms with E-state index in [1.54, 1.807) is 18.2 Å². The number of nitrogens with zero attached hydrogens (tertiary/aromatic N) is 2. The molecule has 0 saturated heterocycles. The van der Waals surface area contributed by atoms with Gasteiger partial charge in [-0.05, 0) is 37.1 Å². The van der Waals surface area contributed by atoms with Gasteiger partial charge in [0, 0.05) is 6.42 Å². The molecule has 0 aliphatic heterocycles. The summed E-state index contributed by atoms with van der Waals surface area (Å²) in [6, 6.07) is 14.5. The third-order valence-corrected chi connectivity index (χ3v) is 6.17. The molecule has 0 bridgehead atoms. The minimum absolute atomic E-state index is 0.162. The molecule has 1 aliphatic carbocycles. The Morgan fingerprint density at radius 2 is 1.81 bits per heavy atom. The lowest BCUT2D eigenvalue weighted by Crippen LogP contribution is -2.26. The molecule has 1 aromatic heterocycles. The molecule has 4 nitrogen and oxygen atoms in total. The molecule has 2 aromatic carbocycles. The Bertz CT molecular complexity index is 1050. The third kappa shape index (κ3) is 3.17. The van der Waals surface area contributed by atoms with E-state index in [9.17, 15) is 9.59 Å². The molecular weight excluding hydrogens is 368 g/mol. The molecule has 26 heavy (non-hydrogen) atoms. The second-order valence-electron chi connectivity index (χ2n) is 6.32. The summed E-state index contributed by atoms with van der Waals surface area (Å²) in [6.45, 7) is 0. The van der Waals surface area contributed by atoms with Crippen molar-refractivity contribution in [1.82, 2.24) is 9.55 Å². The Balaban J connectivity index is 1.92. The molecule has 1 atom stereocenters. The van der Waals surface area contributed by atoms with Crippen LogP contribution in [0.25, 0.3) is 16.6 Å². The SMILES string of the molecule is O=C1CCCC[C@H]1Sc1nc2ccccc2c(=O)n1-c1ccccc1Cl. The van der Waals surface area contributed by atoms with Crippen LogP contribution in [0.15, 0.2) is 58.5 Å². The summed E-state index contributed by atoms with van der Waals surface area (Å²) in [5.74, 6) is 0.231. The van der Waals surface area contributed by atoms with E-state index in [1.807, 2.05) is 30.3 Å². The zero-order valence-electron chi connectivity index (χ0n) is 14.0. The summed E-state index contributed by atoms with van der Waals surface area (Å²) in [4.78, 5) is 30.2. The van der Waals surface area contributed by atoms with Gasteiger partial charge in [0.05, 0.1) is 26.9 Å². The molecule has 0 N–H and O–H groups in total. The molecule has 1 heterocycles. The van der Waals surface area contributed by atoms with Gasteiger partial charge in [0.2, 0.25) is 0 Å². The van der Waals surface area contributed by atoms with Gasteiger partial charge in [-0.15, -0.1) is 0 Å². The minimum atomic E-state index is -0.172. The van der Waals surface area contributed by atoms with Crippen molar-refractivity contribution in [3.63, 3.8) is 0 Å². The molecule has 0 amide bonds. The Morgan fingerprint density at radius 1 is 1.04 bits per heavy atom. The average Bonchev–Trinajstić information content (AvgIpc) is 2.65.